The smallest absolute Gasteiger partial charge is 0.152 e. The summed E-state index contributed by atoms with van der Waals surface area (Å²) in [4.78, 5) is 21.9. The molecule has 0 aliphatic rings. The van der Waals surface area contributed by atoms with E-state index in [4.69, 9.17) is 0 Å². The second-order valence-corrected chi connectivity index (χ2v) is 2.07. The van der Waals surface area contributed by atoms with E-state index in [9.17, 15) is 4.79 Å². The van der Waals surface area contributed by atoms with E-state index in [0.717, 1.165) is 5.52 Å². The van der Waals surface area contributed by atoms with Crippen molar-refractivity contribution in [1.82, 2.24) is 15.0 Å². The molecule has 0 atom stereocenters. The summed E-state index contributed by atoms with van der Waals surface area (Å²) < 4.78 is 0. The van der Waals surface area contributed by atoms with Crippen LogP contribution in [0.2, 0.25) is 0 Å². The average molecular weight is 478 g/mol. The first-order valence-corrected chi connectivity index (χ1v) is 3.10. The fraction of sp³-hybridized carbons (Fsp3) is 0. The number of nitrogens with zero attached hydrogens (tertiary/aromatic N) is 3. The molecule has 0 bridgehead atoms. The van der Waals surface area contributed by atoms with Crippen molar-refractivity contribution < 1.29 is 51.8 Å². The van der Waals surface area contributed by atoms with Crippen LogP contribution in [0, 0.1) is 14.3 Å². The molecule has 2 rings (SSSR count). The number of carbonyl (C=O) groups excluding carboxylic acids is 1. The minimum absolute atomic E-state index is 0. The van der Waals surface area contributed by atoms with Crippen LogP contribution in [0.4, 0.5) is 0 Å². The summed E-state index contributed by atoms with van der Waals surface area (Å²) in [6.07, 6.45) is 2.11. The standard InChI is InChI=1S/C7H5N3O.Am.Y/c11-3-5-1-2-6-7(10-5)9-4-8-6;;/h1-4H,(H,8,9,10,11);;/p-1. The Balaban J connectivity index is 0.000000720. The quantitative estimate of drug-likeness (QED) is 0.558. The molecule has 0 saturated heterocycles. The maximum Gasteiger partial charge on any atom is 0.152 e. The third kappa shape index (κ3) is 2.61. The van der Waals surface area contributed by atoms with Gasteiger partial charge in [-0.25, -0.2) is 0 Å². The molecule has 0 fully saturated rings. The molecule has 0 N–H and O–H groups in total. The number of rotatable bonds is 1. The number of hydrogen-bond acceptors (Lipinski definition) is 3. The summed E-state index contributed by atoms with van der Waals surface area (Å²) in [5.74, 6) is 0. The van der Waals surface area contributed by atoms with Gasteiger partial charge in [0.1, 0.15) is 0 Å². The second-order valence-electron chi connectivity index (χ2n) is 2.07. The Morgan fingerprint density at radius 1 is 1.38 bits per heavy atom. The molecule has 0 amide bonds. The van der Waals surface area contributed by atoms with Crippen LogP contribution in [-0.2, 0) is 32.7 Å². The van der Waals surface area contributed by atoms with Gasteiger partial charge in [0.2, 0.25) is 0 Å². The van der Waals surface area contributed by atoms with E-state index in [1.807, 2.05) is 0 Å². The van der Waals surface area contributed by atoms with Gasteiger partial charge in [-0.1, -0.05) is 6.07 Å². The van der Waals surface area contributed by atoms with Crippen LogP contribution in [0.15, 0.2) is 18.5 Å². The molecule has 0 spiro atoms. The maximum absolute atomic E-state index is 10.3. The van der Waals surface area contributed by atoms with E-state index in [0.29, 0.717) is 17.6 Å². The Morgan fingerprint density at radius 3 is 2.85 bits per heavy atom. The fourth-order valence-corrected chi connectivity index (χ4v) is 0.863. The van der Waals surface area contributed by atoms with Crippen LogP contribution < -0.4 is 4.98 Å². The zero-order valence-corrected chi connectivity index (χ0v) is 12.5. The zero-order valence-electron chi connectivity index (χ0n) is 6.51. The van der Waals surface area contributed by atoms with Gasteiger partial charge in [0.25, 0.3) is 0 Å². The summed E-state index contributed by atoms with van der Waals surface area (Å²) in [7, 11) is 0. The van der Waals surface area contributed by atoms with Crippen molar-refractivity contribution in [1.29, 1.82) is 0 Å². The molecule has 64 valence electrons. The maximum atomic E-state index is 10.3. The number of pyridine rings is 1. The number of fused-ring (bicyclic) bond motifs is 1. The first-order valence-electron chi connectivity index (χ1n) is 3.10. The van der Waals surface area contributed by atoms with Gasteiger partial charge in [-0.15, -0.1) is 0 Å². The first kappa shape index (κ1) is 12.8. The normalized spacial score (nSPS) is 8.62. The van der Waals surface area contributed by atoms with Gasteiger partial charge in [0, 0.05) is 63.8 Å². The van der Waals surface area contributed by atoms with Crippen molar-refractivity contribution in [3.05, 3.63) is 24.2 Å². The Morgan fingerprint density at radius 2 is 2.15 bits per heavy atom. The minimum Gasteiger partial charge on any atom is -0.368 e. The molecular formula is C7H4AmN3OY-. The predicted molar refractivity (Wildman–Crippen MR) is 38.2 cm³/mol. The van der Waals surface area contributed by atoms with Crippen LogP contribution in [0.25, 0.3) is 11.2 Å². The Hall–Kier alpha value is -0.216. The third-order valence-electron chi connectivity index (χ3n) is 1.37. The van der Waals surface area contributed by atoms with Gasteiger partial charge >= 0.3 is 0 Å². The van der Waals surface area contributed by atoms with E-state index in [1.165, 1.54) is 6.33 Å². The fourth-order valence-electron chi connectivity index (χ4n) is 0.863. The molecule has 2 radical (unpaired) electrons. The molecule has 6 heteroatoms. The second kappa shape index (κ2) is 5.50. The molecule has 0 aliphatic carbocycles. The van der Waals surface area contributed by atoms with Crippen molar-refractivity contribution >= 4 is 17.5 Å². The SMILES string of the molecule is O=Cc1ccc2nc[n-]c2n1.[Am].[Y]. The average Bonchev–Trinajstić information content (AvgIpc) is 2.50. The number of aromatic nitrogens is 3. The first-order chi connectivity index (χ1) is 5.40. The molecule has 0 aliphatic heterocycles. The largest absolute Gasteiger partial charge is 0.368 e. The Bertz CT molecular complexity index is 403. The molecule has 0 aromatic carbocycles. The van der Waals surface area contributed by atoms with Crippen LogP contribution in [0.5, 0.6) is 0 Å². The number of hydrogen-bond donors (Lipinski definition) is 0. The van der Waals surface area contributed by atoms with Gasteiger partial charge in [-0.3, -0.25) is 4.79 Å². The summed E-state index contributed by atoms with van der Waals surface area (Å²) >= 11 is 0. The number of aldehydes is 1. The summed E-state index contributed by atoms with van der Waals surface area (Å²) in [6.45, 7) is 0. The molecule has 0 saturated carbocycles. The molecule has 2 aromatic rings. The van der Waals surface area contributed by atoms with Crippen molar-refractivity contribution in [3.8, 4) is 0 Å². The van der Waals surface area contributed by atoms with E-state index in [-0.39, 0.29) is 47.0 Å². The van der Waals surface area contributed by atoms with Crippen molar-refractivity contribution in [3.63, 3.8) is 0 Å². The van der Waals surface area contributed by atoms with E-state index < -0.39 is 0 Å². The number of carbonyl (C=O) groups is 1. The van der Waals surface area contributed by atoms with Crippen LogP contribution >= 0.6 is 0 Å². The Kier molecular flexibility index (Phi) is 5.41. The molecule has 2 heterocycles. The van der Waals surface area contributed by atoms with Crippen LogP contribution in [-0.4, -0.2) is 16.3 Å². The van der Waals surface area contributed by atoms with Gasteiger partial charge in [0.05, 0.1) is 0 Å². The van der Waals surface area contributed by atoms with Crippen molar-refractivity contribution in [2.24, 2.45) is 0 Å². The molecular weight excluding hydrogens is 474 g/mol. The van der Waals surface area contributed by atoms with Gasteiger partial charge in [0.15, 0.2) is 6.29 Å². The predicted octanol–water partition coefficient (Wildman–Crippen LogP) is 0.397. The zero-order chi connectivity index (χ0) is 7.68. The number of imidazole rings is 1. The van der Waals surface area contributed by atoms with Crippen LogP contribution in [0.1, 0.15) is 10.5 Å². The topological polar surface area (TPSA) is 57.0 Å². The van der Waals surface area contributed by atoms with Gasteiger partial charge < -0.3 is 15.0 Å². The third-order valence-corrected chi connectivity index (χ3v) is 1.37. The van der Waals surface area contributed by atoms with Crippen molar-refractivity contribution in [2.45, 2.75) is 0 Å². The molecule has 13 heavy (non-hydrogen) atoms. The van der Waals surface area contributed by atoms with E-state index in [1.54, 1.807) is 12.1 Å². The minimum atomic E-state index is 0. The summed E-state index contributed by atoms with van der Waals surface area (Å²) in [5.41, 5.74) is 1.63. The van der Waals surface area contributed by atoms with Gasteiger partial charge in [-0.2, -0.15) is 0 Å². The molecule has 4 nitrogen and oxygen atoms in total. The molecule has 0 unspecified atom stereocenters. The summed E-state index contributed by atoms with van der Waals surface area (Å²) in [5, 5.41) is 0. The van der Waals surface area contributed by atoms with E-state index >= 15 is 0 Å². The van der Waals surface area contributed by atoms with Crippen LogP contribution in [0.3, 0.4) is 0 Å². The molecule has 2 aromatic heterocycles. The monoisotopic (exact) mass is 476 g/mol. The summed E-state index contributed by atoms with van der Waals surface area (Å²) in [6, 6.07) is 3.34. The van der Waals surface area contributed by atoms with Crippen molar-refractivity contribution in [2.75, 3.05) is 0 Å². The van der Waals surface area contributed by atoms with Gasteiger partial charge in [-0.05, 0) is 12.4 Å². The van der Waals surface area contributed by atoms with E-state index in [2.05, 4.69) is 15.0 Å². The Labute approximate surface area is 108 Å².